The minimum Gasteiger partial charge on any atom is -0.316 e. The van der Waals surface area contributed by atoms with Gasteiger partial charge in [-0.25, -0.2) is 0 Å². The second kappa shape index (κ2) is 6.13. The van der Waals surface area contributed by atoms with Crippen LogP contribution in [0.3, 0.4) is 0 Å². The van der Waals surface area contributed by atoms with Crippen LogP contribution in [0, 0.1) is 12.8 Å². The molecule has 3 nitrogen and oxygen atoms in total. The molecule has 0 saturated carbocycles. The fourth-order valence-electron chi connectivity index (χ4n) is 1.50. The Bertz CT molecular complexity index is 277. The molecule has 0 bridgehead atoms. The number of aromatic nitrogens is 2. The fourth-order valence-corrected chi connectivity index (χ4v) is 1.65. The summed E-state index contributed by atoms with van der Waals surface area (Å²) in [5.41, 5.74) is 0.908. The van der Waals surface area contributed by atoms with Gasteiger partial charge in [0.2, 0.25) is 0 Å². The van der Waals surface area contributed by atoms with E-state index in [0.29, 0.717) is 5.92 Å². The largest absolute Gasteiger partial charge is 0.316 e. The Morgan fingerprint density at radius 2 is 2.33 bits per heavy atom. The molecule has 1 heterocycles. The van der Waals surface area contributed by atoms with Gasteiger partial charge in [-0.2, -0.15) is 5.10 Å². The fraction of sp³-hybridized carbons (Fsp3) is 0.727. The van der Waals surface area contributed by atoms with Crippen molar-refractivity contribution in [1.82, 2.24) is 15.1 Å². The van der Waals surface area contributed by atoms with E-state index < -0.39 is 0 Å². The summed E-state index contributed by atoms with van der Waals surface area (Å²) in [6.45, 7) is 9.36. The van der Waals surface area contributed by atoms with Crippen molar-refractivity contribution in [2.45, 2.75) is 33.7 Å². The molecule has 4 heteroatoms. The zero-order valence-corrected chi connectivity index (χ0v) is 10.5. The van der Waals surface area contributed by atoms with E-state index in [2.05, 4.69) is 24.3 Å². The van der Waals surface area contributed by atoms with E-state index in [0.717, 1.165) is 30.4 Å². The summed E-state index contributed by atoms with van der Waals surface area (Å²) < 4.78 is 1.93. The number of nitrogens with one attached hydrogen (secondary N) is 1. The van der Waals surface area contributed by atoms with Gasteiger partial charge in [0.25, 0.3) is 0 Å². The summed E-state index contributed by atoms with van der Waals surface area (Å²) in [5.74, 6) is 0.576. The summed E-state index contributed by atoms with van der Waals surface area (Å²) in [7, 11) is 0. The highest BCUT2D eigenvalue weighted by atomic mass is 35.5. The van der Waals surface area contributed by atoms with E-state index in [1.165, 1.54) is 6.42 Å². The summed E-state index contributed by atoms with van der Waals surface area (Å²) in [5, 5.41) is 8.49. The number of halogens is 1. The minimum absolute atomic E-state index is 0.576. The Balaban J connectivity index is 2.34. The van der Waals surface area contributed by atoms with E-state index >= 15 is 0 Å². The lowest BCUT2D eigenvalue weighted by Crippen LogP contribution is -2.24. The quantitative estimate of drug-likeness (QED) is 0.760. The van der Waals surface area contributed by atoms with Crippen LogP contribution in [0.2, 0.25) is 5.02 Å². The predicted molar refractivity (Wildman–Crippen MR) is 64.3 cm³/mol. The van der Waals surface area contributed by atoms with Crippen LogP contribution < -0.4 is 5.32 Å². The molecule has 0 radical (unpaired) electrons. The first kappa shape index (κ1) is 12.5. The molecule has 0 saturated heterocycles. The maximum atomic E-state index is 5.94. The third-order valence-electron chi connectivity index (χ3n) is 2.30. The number of hydrogen-bond acceptors (Lipinski definition) is 2. The Morgan fingerprint density at radius 1 is 1.60 bits per heavy atom. The molecule has 0 aliphatic heterocycles. The smallest absolute Gasteiger partial charge is 0.0814 e. The molecule has 0 aliphatic carbocycles. The zero-order chi connectivity index (χ0) is 11.3. The molecule has 1 rings (SSSR count). The van der Waals surface area contributed by atoms with Gasteiger partial charge in [-0.15, -0.1) is 0 Å². The third kappa shape index (κ3) is 4.22. The SMILES string of the molecule is CCCNCC(C)Cn1cc(Cl)c(C)n1. The van der Waals surface area contributed by atoms with Crippen LogP contribution in [0.5, 0.6) is 0 Å². The van der Waals surface area contributed by atoms with Crippen molar-refractivity contribution < 1.29 is 0 Å². The second-order valence-corrected chi connectivity index (χ2v) is 4.50. The van der Waals surface area contributed by atoms with Gasteiger partial charge in [0.1, 0.15) is 0 Å². The van der Waals surface area contributed by atoms with Crippen LogP contribution in [0.25, 0.3) is 0 Å². The van der Waals surface area contributed by atoms with Gasteiger partial charge in [0, 0.05) is 12.7 Å². The molecule has 1 N–H and O–H groups in total. The molecule has 0 spiro atoms. The molecule has 1 aromatic heterocycles. The standard InChI is InChI=1S/C11H20ClN3/c1-4-5-13-6-9(2)7-15-8-11(12)10(3)14-15/h8-9,13H,4-7H2,1-3H3. The van der Waals surface area contributed by atoms with Crippen LogP contribution in [-0.2, 0) is 6.54 Å². The zero-order valence-electron chi connectivity index (χ0n) is 9.76. The highest BCUT2D eigenvalue weighted by molar-refractivity contribution is 6.31. The monoisotopic (exact) mass is 229 g/mol. The van der Waals surface area contributed by atoms with Crippen LogP contribution in [0.4, 0.5) is 0 Å². The van der Waals surface area contributed by atoms with Crippen LogP contribution in [0.1, 0.15) is 26.0 Å². The van der Waals surface area contributed by atoms with E-state index in [1.807, 2.05) is 17.8 Å². The van der Waals surface area contributed by atoms with Gasteiger partial charge in [-0.1, -0.05) is 25.4 Å². The summed E-state index contributed by atoms with van der Waals surface area (Å²) in [4.78, 5) is 0. The van der Waals surface area contributed by atoms with E-state index in [4.69, 9.17) is 11.6 Å². The number of hydrogen-bond donors (Lipinski definition) is 1. The lowest BCUT2D eigenvalue weighted by atomic mass is 10.2. The third-order valence-corrected chi connectivity index (χ3v) is 2.68. The van der Waals surface area contributed by atoms with Crippen molar-refractivity contribution in [3.8, 4) is 0 Å². The first-order chi connectivity index (χ1) is 7.13. The Labute approximate surface area is 96.8 Å². The molecule has 0 aliphatic rings. The van der Waals surface area contributed by atoms with E-state index in [1.54, 1.807) is 0 Å². The molecule has 0 aromatic carbocycles. The van der Waals surface area contributed by atoms with E-state index in [-0.39, 0.29) is 0 Å². The summed E-state index contributed by atoms with van der Waals surface area (Å²) in [6, 6.07) is 0. The molecule has 1 aromatic rings. The van der Waals surface area contributed by atoms with Crippen LogP contribution >= 0.6 is 11.6 Å². The summed E-state index contributed by atoms with van der Waals surface area (Å²) >= 11 is 5.94. The number of rotatable bonds is 6. The van der Waals surface area contributed by atoms with E-state index in [9.17, 15) is 0 Å². The molecule has 0 amide bonds. The van der Waals surface area contributed by atoms with Crippen molar-refractivity contribution in [1.29, 1.82) is 0 Å². The minimum atomic E-state index is 0.576. The average Bonchev–Trinajstić information content (AvgIpc) is 2.46. The molecular weight excluding hydrogens is 210 g/mol. The molecule has 86 valence electrons. The number of nitrogens with zero attached hydrogens (tertiary/aromatic N) is 2. The van der Waals surface area contributed by atoms with Crippen molar-refractivity contribution >= 4 is 11.6 Å². The van der Waals surface area contributed by atoms with Crippen LogP contribution in [0.15, 0.2) is 6.20 Å². The van der Waals surface area contributed by atoms with Crippen molar-refractivity contribution in [3.63, 3.8) is 0 Å². The van der Waals surface area contributed by atoms with Gasteiger partial charge in [0.05, 0.1) is 10.7 Å². The Hall–Kier alpha value is -0.540. The van der Waals surface area contributed by atoms with Crippen molar-refractivity contribution in [2.75, 3.05) is 13.1 Å². The lowest BCUT2D eigenvalue weighted by Gasteiger charge is -2.11. The van der Waals surface area contributed by atoms with Gasteiger partial charge in [0.15, 0.2) is 0 Å². The van der Waals surface area contributed by atoms with Gasteiger partial charge >= 0.3 is 0 Å². The molecule has 15 heavy (non-hydrogen) atoms. The second-order valence-electron chi connectivity index (χ2n) is 4.09. The number of aryl methyl sites for hydroxylation is 1. The van der Waals surface area contributed by atoms with Crippen molar-refractivity contribution in [3.05, 3.63) is 16.9 Å². The summed E-state index contributed by atoms with van der Waals surface area (Å²) in [6.07, 6.45) is 3.08. The first-order valence-corrected chi connectivity index (χ1v) is 5.91. The maximum absolute atomic E-state index is 5.94. The Kier molecular flexibility index (Phi) is 5.12. The predicted octanol–water partition coefficient (Wildman–Crippen LogP) is 2.48. The van der Waals surface area contributed by atoms with Crippen LogP contribution in [-0.4, -0.2) is 22.9 Å². The first-order valence-electron chi connectivity index (χ1n) is 5.53. The topological polar surface area (TPSA) is 29.9 Å². The van der Waals surface area contributed by atoms with Crippen molar-refractivity contribution in [2.24, 2.45) is 5.92 Å². The Morgan fingerprint density at radius 3 is 2.87 bits per heavy atom. The molecule has 0 fully saturated rings. The molecular formula is C11H20ClN3. The van der Waals surface area contributed by atoms with Gasteiger partial charge in [-0.3, -0.25) is 4.68 Å². The highest BCUT2D eigenvalue weighted by Crippen LogP contribution is 2.12. The van der Waals surface area contributed by atoms with Gasteiger partial charge in [-0.05, 0) is 32.4 Å². The normalized spacial score (nSPS) is 13.1. The lowest BCUT2D eigenvalue weighted by molar-refractivity contribution is 0.421. The highest BCUT2D eigenvalue weighted by Gasteiger charge is 2.06. The molecule has 1 atom stereocenters. The molecule has 1 unspecified atom stereocenters. The maximum Gasteiger partial charge on any atom is 0.0814 e. The average molecular weight is 230 g/mol. The van der Waals surface area contributed by atoms with Gasteiger partial charge < -0.3 is 5.32 Å².